The molecule has 0 aliphatic rings. The monoisotopic (exact) mass is 253 g/mol. The maximum Gasteiger partial charge on any atom is 0.235 e. The van der Waals surface area contributed by atoms with Gasteiger partial charge < -0.3 is 15.8 Å². The van der Waals surface area contributed by atoms with Gasteiger partial charge in [0.2, 0.25) is 15.9 Å². The van der Waals surface area contributed by atoms with Gasteiger partial charge in [-0.05, 0) is 13.0 Å². The molecule has 0 spiro atoms. The van der Waals surface area contributed by atoms with Crippen molar-refractivity contribution < 1.29 is 17.9 Å². The van der Waals surface area contributed by atoms with Gasteiger partial charge in [0.05, 0.1) is 18.9 Å². The van der Waals surface area contributed by atoms with E-state index in [-0.39, 0.29) is 18.2 Å². The molecule has 0 heterocycles. The lowest BCUT2D eigenvalue weighted by Gasteiger charge is -2.06. The van der Waals surface area contributed by atoms with Gasteiger partial charge in [-0.25, -0.2) is 13.1 Å². The first kappa shape index (κ1) is 15.3. The van der Waals surface area contributed by atoms with Gasteiger partial charge in [-0.1, -0.05) is 0 Å². The molecule has 0 bridgehead atoms. The molecule has 0 aromatic rings. The molecule has 96 valence electrons. The average Bonchev–Trinajstić information content (AvgIpc) is 2.24. The lowest BCUT2D eigenvalue weighted by atomic mass is 10.5. The van der Waals surface area contributed by atoms with Crippen LogP contribution in [0.1, 0.15) is 6.42 Å². The van der Waals surface area contributed by atoms with Crippen molar-refractivity contribution in [2.24, 2.45) is 5.73 Å². The van der Waals surface area contributed by atoms with Crippen LogP contribution in [0, 0.1) is 0 Å². The second kappa shape index (κ2) is 8.45. The molecule has 8 heteroatoms. The molecule has 4 N–H and O–H groups in total. The number of ether oxygens (including phenoxy) is 1. The summed E-state index contributed by atoms with van der Waals surface area (Å²) in [4.78, 5) is 11.1. The maximum atomic E-state index is 11.3. The van der Waals surface area contributed by atoms with E-state index in [2.05, 4.69) is 10.0 Å². The van der Waals surface area contributed by atoms with Crippen molar-refractivity contribution >= 4 is 15.9 Å². The van der Waals surface area contributed by atoms with Gasteiger partial charge in [0.1, 0.15) is 0 Å². The summed E-state index contributed by atoms with van der Waals surface area (Å²) < 4.78 is 29.4. The second-order valence-electron chi connectivity index (χ2n) is 3.12. The van der Waals surface area contributed by atoms with E-state index in [9.17, 15) is 13.2 Å². The number of sulfonamides is 1. The Kier molecular flexibility index (Phi) is 8.08. The Hall–Kier alpha value is -0.700. The summed E-state index contributed by atoms with van der Waals surface area (Å²) in [6.45, 7) is 0.809. The largest absolute Gasteiger partial charge is 0.383 e. The van der Waals surface area contributed by atoms with E-state index >= 15 is 0 Å². The summed E-state index contributed by atoms with van der Waals surface area (Å²) in [5.74, 6) is -0.442. The van der Waals surface area contributed by atoms with Crippen molar-refractivity contribution in [1.82, 2.24) is 10.0 Å². The van der Waals surface area contributed by atoms with E-state index in [1.165, 1.54) is 7.11 Å². The number of nitrogens with two attached hydrogens (primary N) is 1. The van der Waals surface area contributed by atoms with Crippen LogP contribution < -0.4 is 15.8 Å². The molecule has 7 nitrogen and oxygen atoms in total. The van der Waals surface area contributed by atoms with Gasteiger partial charge >= 0.3 is 0 Å². The van der Waals surface area contributed by atoms with Crippen LogP contribution in [0.5, 0.6) is 0 Å². The molecule has 0 aromatic heterocycles. The minimum atomic E-state index is -3.39. The molecule has 0 radical (unpaired) electrons. The number of hydrogen-bond acceptors (Lipinski definition) is 5. The third-order valence-corrected chi connectivity index (χ3v) is 3.11. The summed E-state index contributed by atoms with van der Waals surface area (Å²) in [5, 5.41) is 2.50. The van der Waals surface area contributed by atoms with Crippen molar-refractivity contribution in [2.75, 3.05) is 39.1 Å². The highest BCUT2D eigenvalue weighted by atomic mass is 32.2. The van der Waals surface area contributed by atoms with Gasteiger partial charge in [0.25, 0.3) is 0 Å². The first-order valence-corrected chi connectivity index (χ1v) is 6.60. The Balaban J connectivity index is 3.73. The molecule has 0 saturated heterocycles. The van der Waals surface area contributed by atoms with Crippen molar-refractivity contribution in [3.63, 3.8) is 0 Å². The first-order valence-electron chi connectivity index (χ1n) is 4.95. The summed E-state index contributed by atoms with van der Waals surface area (Å²) in [5.41, 5.74) is 5.19. The number of hydrogen-bond donors (Lipinski definition) is 3. The fourth-order valence-corrected chi connectivity index (χ4v) is 1.92. The molecule has 0 aliphatic heterocycles. The quantitative estimate of drug-likeness (QED) is 0.412. The molecule has 0 rings (SSSR count). The van der Waals surface area contributed by atoms with E-state index in [4.69, 9.17) is 10.5 Å². The SMILES string of the molecule is COCCNC(=O)CNS(=O)(=O)CCCN. The van der Waals surface area contributed by atoms with Gasteiger partial charge in [-0.15, -0.1) is 0 Å². The Labute approximate surface area is 95.8 Å². The van der Waals surface area contributed by atoms with E-state index in [0.717, 1.165) is 0 Å². The highest BCUT2D eigenvalue weighted by Gasteiger charge is 2.10. The van der Waals surface area contributed by atoms with Crippen molar-refractivity contribution in [2.45, 2.75) is 6.42 Å². The summed E-state index contributed by atoms with van der Waals surface area (Å²) in [6.07, 6.45) is 0.376. The fourth-order valence-electron chi connectivity index (χ4n) is 0.876. The number of amides is 1. The minimum Gasteiger partial charge on any atom is -0.383 e. The summed E-state index contributed by atoms with van der Waals surface area (Å²) >= 11 is 0. The van der Waals surface area contributed by atoms with Crippen molar-refractivity contribution in [1.29, 1.82) is 0 Å². The lowest BCUT2D eigenvalue weighted by molar-refractivity contribution is -0.120. The molecular weight excluding hydrogens is 234 g/mol. The zero-order valence-corrected chi connectivity index (χ0v) is 10.2. The molecule has 0 atom stereocenters. The van der Waals surface area contributed by atoms with E-state index in [0.29, 0.717) is 26.1 Å². The zero-order valence-electron chi connectivity index (χ0n) is 9.36. The Morgan fingerprint density at radius 1 is 1.44 bits per heavy atom. The summed E-state index contributed by atoms with van der Waals surface area (Å²) in [6, 6.07) is 0. The zero-order chi connectivity index (χ0) is 12.4. The topological polar surface area (TPSA) is 111 Å². The standard InChI is InChI=1S/C8H19N3O4S/c1-15-5-4-10-8(12)7-11-16(13,14)6-2-3-9/h11H,2-7,9H2,1H3,(H,10,12). The van der Waals surface area contributed by atoms with Crippen LogP contribution in [0.15, 0.2) is 0 Å². The highest BCUT2D eigenvalue weighted by molar-refractivity contribution is 7.89. The maximum absolute atomic E-state index is 11.3. The predicted octanol–water partition coefficient (Wildman–Crippen LogP) is -1.98. The van der Waals surface area contributed by atoms with Crippen LogP contribution in [0.2, 0.25) is 0 Å². The Morgan fingerprint density at radius 2 is 2.12 bits per heavy atom. The molecule has 16 heavy (non-hydrogen) atoms. The van der Waals surface area contributed by atoms with E-state index < -0.39 is 10.0 Å². The van der Waals surface area contributed by atoms with Crippen molar-refractivity contribution in [3.05, 3.63) is 0 Å². The number of carbonyl (C=O) groups is 1. The smallest absolute Gasteiger partial charge is 0.235 e. The molecule has 0 unspecified atom stereocenters. The number of rotatable bonds is 9. The molecule has 0 aliphatic carbocycles. The normalized spacial score (nSPS) is 11.4. The van der Waals surface area contributed by atoms with Gasteiger partial charge in [-0.3, -0.25) is 4.79 Å². The number of methoxy groups -OCH3 is 1. The van der Waals surface area contributed by atoms with Crippen LogP contribution in [0.4, 0.5) is 0 Å². The predicted molar refractivity (Wildman–Crippen MR) is 60.3 cm³/mol. The van der Waals surface area contributed by atoms with Crippen LogP contribution in [0.3, 0.4) is 0 Å². The third-order valence-electron chi connectivity index (χ3n) is 1.70. The Bertz CT molecular complexity index is 292. The van der Waals surface area contributed by atoms with Crippen molar-refractivity contribution in [3.8, 4) is 0 Å². The van der Waals surface area contributed by atoms with Gasteiger partial charge in [0.15, 0.2) is 0 Å². The van der Waals surface area contributed by atoms with Gasteiger partial charge in [0, 0.05) is 13.7 Å². The Morgan fingerprint density at radius 3 is 2.69 bits per heavy atom. The first-order chi connectivity index (χ1) is 7.52. The molecule has 0 saturated carbocycles. The number of carbonyl (C=O) groups excluding carboxylic acids is 1. The minimum absolute atomic E-state index is 0.0607. The van der Waals surface area contributed by atoms with E-state index in [1.807, 2.05) is 0 Å². The van der Waals surface area contributed by atoms with Crippen LogP contribution in [-0.2, 0) is 19.6 Å². The molecule has 1 amide bonds. The van der Waals surface area contributed by atoms with Crippen LogP contribution in [-0.4, -0.2) is 53.4 Å². The number of nitrogens with one attached hydrogen (secondary N) is 2. The van der Waals surface area contributed by atoms with Crippen LogP contribution >= 0.6 is 0 Å². The second-order valence-corrected chi connectivity index (χ2v) is 5.05. The molecule has 0 fully saturated rings. The third kappa shape index (κ3) is 8.60. The molecule has 0 aromatic carbocycles. The van der Waals surface area contributed by atoms with Crippen LogP contribution in [0.25, 0.3) is 0 Å². The van der Waals surface area contributed by atoms with Gasteiger partial charge in [-0.2, -0.15) is 0 Å². The lowest BCUT2D eigenvalue weighted by Crippen LogP contribution is -2.39. The highest BCUT2D eigenvalue weighted by Crippen LogP contribution is 1.86. The summed E-state index contributed by atoms with van der Waals surface area (Å²) in [7, 11) is -1.88. The molecular formula is C8H19N3O4S. The average molecular weight is 253 g/mol. The fraction of sp³-hybridized carbons (Fsp3) is 0.875. The van der Waals surface area contributed by atoms with E-state index in [1.54, 1.807) is 0 Å².